The van der Waals surface area contributed by atoms with E-state index in [1.807, 2.05) is 13.0 Å². The van der Waals surface area contributed by atoms with Crippen LogP contribution in [0.25, 0.3) is 0 Å². The Morgan fingerprint density at radius 1 is 1.59 bits per heavy atom. The van der Waals surface area contributed by atoms with Crippen LogP contribution in [0.5, 0.6) is 0 Å². The molecule has 5 nitrogen and oxygen atoms in total. The maximum absolute atomic E-state index is 12.4. The molecule has 0 radical (unpaired) electrons. The minimum atomic E-state index is -0.396. The van der Waals surface area contributed by atoms with Gasteiger partial charge in [-0.15, -0.1) is 0 Å². The van der Waals surface area contributed by atoms with Crippen LogP contribution in [0.1, 0.15) is 56.7 Å². The number of carbonyl (C=O) groups is 1. The number of urea groups is 1. The van der Waals surface area contributed by atoms with Crippen LogP contribution in [-0.4, -0.2) is 35.7 Å². The second-order valence-corrected chi connectivity index (χ2v) is 7.34. The number of furan rings is 1. The van der Waals surface area contributed by atoms with Gasteiger partial charge in [0.15, 0.2) is 0 Å². The van der Waals surface area contributed by atoms with Gasteiger partial charge in [0.1, 0.15) is 11.5 Å². The quantitative estimate of drug-likeness (QED) is 0.898. The van der Waals surface area contributed by atoms with Crippen LogP contribution < -0.4 is 5.32 Å². The van der Waals surface area contributed by atoms with Crippen molar-refractivity contribution in [2.24, 2.45) is 5.41 Å². The van der Waals surface area contributed by atoms with Crippen LogP contribution in [0.3, 0.4) is 0 Å². The van der Waals surface area contributed by atoms with Gasteiger partial charge in [-0.1, -0.05) is 13.8 Å². The Labute approximate surface area is 132 Å². The van der Waals surface area contributed by atoms with E-state index in [4.69, 9.17) is 4.42 Å². The highest BCUT2D eigenvalue weighted by Crippen LogP contribution is 2.42. The molecule has 0 bridgehead atoms. The van der Waals surface area contributed by atoms with E-state index in [1.54, 1.807) is 18.9 Å². The summed E-state index contributed by atoms with van der Waals surface area (Å²) in [6.45, 7) is 8.61. The van der Waals surface area contributed by atoms with Crippen LogP contribution in [0.4, 0.5) is 4.79 Å². The number of carbonyl (C=O) groups excluding carboxylic acids is 1. The zero-order valence-corrected chi connectivity index (χ0v) is 14.3. The zero-order chi connectivity index (χ0) is 16.5. The monoisotopic (exact) mass is 308 g/mol. The Bertz CT molecular complexity index is 534. The topological polar surface area (TPSA) is 65.7 Å². The molecule has 1 aliphatic carbocycles. The van der Waals surface area contributed by atoms with Gasteiger partial charge in [-0.25, -0.2) is 4.79 Å². The number of aryl methyl sites for hydroxylation is 1. The summed E-state index contributed by atoms with van der Waals surface area (Å²) < 4.78 is 5.79. The molecular weight excluding hydrogens is 280 g/mol. The fourth-order valence-electron chi connectivity index (χ4n) is 3.05. The van der Waals surface area contributed by atoms with Crippen LogP contribution in [0, 0.1) is 12.3 Å². The fourth-order valence-corrected chi connectivity index (χ4v) is 3.05. The van der Waals surface area contributed by atoms with Crippen molar-refractivity contribution in [3.8, 4) is 0 Å². The number of rotatable bonds is 4. The second kappa shape index (κ2) is 6.32. The first-order valence-corrected chi connectivity index (χ1v) is 7.97. The predicted molar refractivity (Wildman–Crippen MR) is 85.7 cm³/mol. The maximum Gasteiger partial charge on any atom is 0.317 e. The summed E-state index contributed by atoms with van der Waals surface area (Å²) in [6.07, 6.45) is 1.98. The number of aliphatic hydroxyl groups is 1. The van der Waals surface area contributed by atoms with Crippen molar-refractivity contribution in [1.29, 1.82) is 0 Å². The first-order chi connectivity index (χ1) is 10.2. The van der Waals surface area contributed by atoms with Gasteiger partial charge < -0.3 is 19.7 Å². The molecule has 0 spiro atoms. The van der Waals surface area contributed by atoms with Crippen LogP contribution in [0.2, 0.25) is 0 Å². The van der Waals surface area contributed by atoms with Gasteiger partial charge in [0.25, 0.3) is 0 Å². The molecule has 124 valence electrons. The molecule has 0 saturated heterocycles. The normalized spacial score (nSPS) is 21.1. The molecule has 2 unspecified atom stereocenters. The highest BCUT2D eigenvalue weighted by atomic mass is 16.3. The minimum absolute atomic E-state index is 0.0160. The van der Waals surface area contributed by atoms with E-state index < -0.39 is 6.10 Å². The Morgan fingerprint density at radius 2 is 2.27 bits per heavy atom. The zero-order valence-electron chi connectivity index (χ0n) is 14.3. The summed E-state index contributed by atoms with van der Waals surface area (Å²) in [5.74, 6) is 1.88. The second-order valence-electron chi connectivity index (χ2n) is 7.34. The van der Waals surface area contributed by atoms with E-state index in [0.29, 0.717) is 13.0 Å². The standard InChI is InChI=1S/C17H28N2O3/c1-11(20)6-7-19(5)16(21)18-14-9-17(3,4)10-15-13(14)8-12(2)22-15/h8,11,14,20H,6-7,9-10H2,1-5H3,(H,18,21). The molecule has 0 aromatic carbocycles. The SMILES string of the molecule is Cc1cc2c(o1)CC(C)(C)CC2NC(=O)N(C)CCC(C)O. The van der Waals surface area contributed by atoms with E-state index in [9.17, 15) is 9.90 Å². The summed E-state index contributed by atoms with van der Waals surface area (Å²) >= 11 is 0. The summed E-state index contributed by atoms with van der Waals surface area (Å²) in [6, 6.07) is 1.91. The number of aliphatic hydroxyl groups excluding tert-OH is 1. The fraction of sp³-hybridized carbons (Fsp3) is 0.706. The molecule has 1 aliphatic rings. The highest BCUT2D eigenvalue weighted by Gasteiger charge is 2.35. The lowest BCUT2D eigenvalue weighted by Gasteiger charge is -2.35. The van der Waals surface area contributed by atoms with Crippen molar-refractivity contribution >= 4 is 6.03 Å². The molecule has 2 amide bonds. The van der Waals surface area contributed by atoms with Gasteiger partial charge >= 0.3 is 6.03 Å². The molecular formula is C17H28N2O3. The highest BCUT2D eigenvalue weighted by molar-refractivity contribution is 5.74. The Balaban J connectivity index is 2.06. The van der Waals surface area contributed by atoms with E-state index >= 15 is 0 Å². The van der Waals surface area contributed by atoms with Crippen molar-refractivity contribution in [3.05, 3.63) is 23.2 Å². The van der Waals surface area contributed by atoms with E-state index in [1.165, 1.54) is 0 Å². The lowest BCUT2D eigenvalue weighted by Crippen LogP contribution is -2.43. The van der Waals surface area contributed by atoms with Gasteiger partial charge in [-0.3, -0.25) is 0 Å². The van der Waals surface area contributed by atoms with Crippen LogP contribution in [-0.2, 0) is 6.42 Å². The van der Waals surface area contributed by atoms with Crippen molar-refractivity contribution in [3.63, 3.8) is 0 Å². The number of nitrogens with one attached hydrogen (secondary N) is 1. The largest absolute Gasteiger partial charge is 0.466 e. The van der Waals surface area contributed by atoms with Gasteiger partial charge in [0, 0.05) is 25.6 Å². The van der Waals surface area contributed by atoms with Gasteiger partial charge in [0.2, 0.25) is 0 Å². The van der Waals surface area contributed by atoms with E-state index in [2.05, 4.69) is 19.2 Å². The van der Waals surface area contributed by atoms with Gasteiger partial charge in [-0.2, -0.15) is 0 Å². The molecule has 2 rings (SSSR count). The van der Waals surface area contributed by atoms with Crippen molar-refractivity contribution in [1.82, 2.24) is 10.2 Å². The van der Waals surface area contributed by atoms with Crippen molar-refractivity contribution in [2.75, 3.05) is 13.6 Å². The first-order valence-electron chi connectivity index (χ1n) is 7.97. The number of amides is 2. The number of hydrogen-bond donors (Lipinski definition) is 2. The number of hydrogen-bond acceptors (Lipinski definition) is 3. The summed E-state index contributed by atoms with van der Waals surface area (Å²) in [5, 5.41) is 12.4. The van der Waals surface area contributed by atoms with Crippen molar-refractivity contribution < 1.29 is 14.3 Å². The molecule has 1 heterocycles. The molecule has 0 aliphatic heterocycles. The van der Waals surface area contributed by atoms with E-state index in [0.717, 1.165) is 29.9 Å². The molecule has 1 aromatic rings. The smallest absolute Gasteiger partial charge is 0.317 e. The van der Waals surface area contributed by atoms with Gasteiger partial charge in [-0.05, 0) is 38.2 Å². The average molecular weight is 308 g/mol. The summed E-state index contributed by atoms with van der Waals surface area (Å²) in [5.41, 5.74) is 1.21. The molecule has 0 fully saturated rings. The molecule has 1 aromatic heterocycles. The maximum atomic E-state index is 12.4. The summed E-state index contributed by atoms with van der Waals surface area (Å²) in [7, 11) is 1.76. The summed E-state index contributed by atoms with van der Waals surface area (Å²) in [4.78, 5) is 14.0. The number of fused-ring (bicyclic) bond motifs is 1. The third-order valence-corrected chi connectivity index (χ3v) is 4.26. The van der Waals surface area contributed by atoms with Crippen molar-refractivity contribution in [2.45, 2.75) is 59.1 Å². The lowest BCUT2D eigenvalue weighted by atomic mass is 9.75. The average Bonchev–Trinajstić information content (AvgIpc) is 2.74. The predicted octanol–water partition coefficient (Wildman–Crippen LogP) is 3.01. The third kappa shape index (κ3) is 4.03. The lowest BCUT2D eigenvalue weighted by molar-refractivity contribution is 0.159. The molecule has 2 atom stereocenters. The van der Waals surface area contributed by atoms with Gasteiger partial charge in [0.05, 0.1) is 12.1 Å². The minimum Gasteiger partial charge on any atom is -0.466 e. The van der Waals surface area contributed by atoms with Crippen LogP contribution >= 0.6 is 0 Å². The Hall–Kier alpha value is -1.49. The Morgan fingerprint density at radius 3 is 2.91 bits per heavy atom. The first kappa shape index (κ1) is 16.9. The van der Waals surface area contributed by atoms with E-state index in [-0.39, 0.29) is 17.5 Å². The molecule has 0 saturated carbocycles. The number of nitrogens with zero attached hydrogens (tertiary/aromatic N) is 1. The third-order valence-electron chi connectivity index (χ3n) is 4.26. The Kier molecular flexibility index (Phi) is 4.85. The molecule has 2 N–H and O–H groups in total. The molecule has 22 heavy (non-hydrogen) atoms. The van der Waals surface area contributed by atoms with Crippen LogP contribution in [0.15, 0.2) is 10.5 Å². The molecule has 5 heteroatoms.